The normalized spacial score (nSPS) is 21.4. The molecule has 5 heteroatoms. The quantitative estimate of drug-likeness (QED) is 0.505. The predicted molar refractivity (Wildman–Crippen MR) is 132 cm³/mol. The van der Waals surface area contributed by atoms with Crippen molar-refractivity contribution < 1.29 is 4.79 Å². The van der Waals surface area contributed by atoms with Gasteiger partial charge in [-0.3, -0.25) is 4.79 Å². The second kappa shape index (κ2) is 9.34. The first-order chi connectivity index (χ1) is 16.1. The van der Waals surface area contributed by atoms with E-state index in [4.69, 9.17) is 4.98 Å². The van der Waals surface area contributed by atoms with Crippen LogP contribution in [0.15, 0.2) is 66.9 Å². The number of hydrogen-bond donors (Lipinski definition) is 1. The topological polar surface area (TPSA) is 58.1 Å². The zero-order chi connectivity index (χ0) is 22.8. The van der Waals surface area contributed by atoms with Crippen LogP contribution in [0.2, 0.25) is 0 Å². The first-order valence-corrected chi connectivity index (χ1v) is 12.1. The molecule has 2 aliphatic carbocycles. The van der Waals surface area contributed by atoms with E-state index >= 15 is 0 Å². The van der Waals surface area contributed by atoms with Crippen LogP contribution in [0.25, 0.3) is 11.3 Å². The zero-order valence-corrected chi connectivity index (χ0v) is 19.4. The fourth-order valence-electron chi connectivity index (χ4n) is 5.43. The summed E-state index contributed by atoms with van der Waals surface area (Å²) < 4.78 is 0. The van der Waals surface area contributed by atoms with Crippen LogP contribution in [0.4, 0.5) is 5.95 Å². The number of carbonyl (C=O) groups is 1. The van der Waals surface area contributed by atoms with Crippen molar-refractivity contribution in [3.63, 3.8) is 0 Å². The molecule has 170 valence electrons. The molecule has 2 fully saturated rings. The molecule has 5 rings (SSSR count). The summed E-state index contributed by atoms with van der Waals surface area (Å²) >= 11 is 0. The number of fused-ring (bicyclic) bond motifs is 2. The van der Waals surface area contributed by atoms with E-state index in [1.165, 1.54) is 25.7 Å². The van der Waals surface area contributed by atoms with Crippen molar-refractivity contribution in [3.05, 3.63) is 78.0 Å². The lowest BCUT2D eigenvalue weighted by atomic mass is 9.95. The SMILES string of the molecule is CC(C)N(Cc1ccccc1)C(=O)c1cnc(NC2CC3CCC2C3)nc1-c1ccccc1. The maximum absolute atomic E-state index is 13.8. The van der Waals surface area contributed by atoms with Crippen molar-refractivity contribution in [2.75, 3.05) is 5.32 Å². The van der Waals surface area contributed by atoms with E-state index < -0.39 is 0 Å². The highest BCUT2D eigenvalue weighted by Gasteiger charge is 2.39. The van der Waals surface area contributed by atoms with Crippen molar-refractivity contribution in [1.29, 1.82) is 0 Å². The summed E-state index contributed by atoms with van der Waals surface area (Å²) in [6.07, 6.45) is 6.90. The molecule has 3 atom stereocenters. The zero-order valence-electron chi connectivity index (χ0n) is 19.4. The number of amides is 1. The molecule has 1 heterocycles. The molecular formula is C28H32N4O. The van der Waals surface area contributed by atoms with Crippen molar-refractivity contribution in [2.24, 2.45) is 11.8 Å². The number of benzene rings is 2. The Hall–Kier alpha value is -3.21. The Labute approximate surface area is 196 Å². The number of carbonyl (C=O) groups excluding carboxylic acids is 1. The number of rotatable bonds is 7. The maximum atomic E-state index is 13.8. The van der Waals surface area contributed by atoms with Crippen LogP contribution >= 0.6 is 0 Å². The first kappa shape index (κ1) is 21.6. The highest BCUT2D eigenvalue weighted by Crippen LogP contribution is 2.45. The van der Waals surface area contributed by atoms with E-state index in [2.05, 4.69) is 36.3 Å². The average molecular weight is 441 g/mol. The van der Waals surface area contributed by atoms with Gasteiger partial charge in [-0.2, -0.15) is 0 Å². The van der Waals surface area contributed by atoms with Gasteiger partial charge in [0.1, 0.15) is 0 Å². The van der Waals surface area contributed by atoms with Gasteiger partial charge in [-0.05, 0) is 50.5 Å². The van der Waals surface area contributed by atoms with E-state index in [1.807, 2.05) is 53.4 Å². The second-order valence-electron chi connectivity index (χ2n) is 9.76. The number of anilines is 1. The van der Waals surface area contributed by atoms with Crippen molar-refractivity contribution in [2.45, 2.75) is 58.2 Å². The number of nitrogens with zero attached hydrogens (tertiary/aromatic N) is 3. The van der Waals surface area contributed by atoms with E-state index in [-0.39, 0.29) is 11.9 Å². The Morgan fingerprint density at radius 3 is 2.39 bits per heavy atom. The van der Waals surface area contributed by atoms with Gasteiger partial charge in [-0.25, -0.2) is 9.97 Å². The van der Waals surface area contributed by atoms with Gasteiger partial charge < -0.3 is 10.2 Å². The standard InChI is InChI=1S/C28H32N4O/c1-19(2)32(18-20-9-5-3-6-10-20)27(33)24-17-29-28(30-25-16-21-13-14-23(25)15-21)31-26(24)22-11-7-4-8-12-22/h3-12,17,19,21,23,25H,13-16,18H2,1-2H3,(H,29,30,31). The maximum Gasteiger partial charge on any atom is 0.258 e. The Balaban J connectivity index is 1.46. The summed E-state index contributed by atoms with van der Waals surface area (Å²) in [5, 5.41) is 3.59. The summed E-state index contributed by atoms with van der Waals surface area (Å²) in [7, 11) is 0. The average Bonchev–Trinajstić information content (AvgIpc) is 3.47. The van der Waals surface area contributed by atoms with Crippen LogP contribution in [-0.4, -0.2) is 32.9 Å². The molecule has 1 aromatic heterocycles. The molecule has 0 radical (unpaired) electrons. The second-order valence-corrected chi connectivity index (χ2v) is 9.76. The molecule has 3 aromatic rings. The lowest BCUT2D eigenvalue weighted by Crippen LogP contribution is -2.37. The largest absolute Gasteiger partial charge is 0.351 e. The number of aromatic nitrogens is 2. The minimum absolute atomic E-state index is 0.0424. The molecule has 0 spiro atoms. The smallest absolute Gasteiger partial charge is 0.258 e. The highest BCUT2D eigenvalue weighted by atomic mass is 16.2. The molecule has 2 bridgehead atoms. The lowest BCUT2D eigenvalue weighted by molar-refractivity contribution is 0.0690. The third-order valence-corrected chi connectivity index (χ3v) is 7.20. The van der Waals surface area contributed by atoms with Crippen molar-refractivity contribution >= 4 is 11.9 Å². The molecule has 2 aromatic carbocycles. The van der Waals surface area contributed by atoms with E-state index in [1.54, 1.807) is 6.20 Å². The van der Waals surface area contributed by atoms with E-state index in [9.17, 15) is 4.79 Å². The summed E-state index contributed by atoms with van der Waals surface area (Å²) in [4.78, 5) is 25.2. The van der Waals surface area contributed by atoms with Crippen molar-refractivity contribution in [3.8, 4) is 11.3 Å². The molecule has 1 N–H and O–H groups in total. The molecule has 2 saturated carbocycles. The number of nitrogens with one attached hydrogen (secondary N) is 1. The van der Waals surface area contributed by atoms with Gasteiger partial charge in [0.15, 0.2) is 0 Å². The fraction of sp³-hybridized carbons (Fsp3) is 0.393. The highest BCUT2D eigenvalue weighted by molar-refractivity contribution is 6.00. The lowest BCUT2D eigenvalue weighted by Gasteiger charge is -2.28. The van der Waals surface area contributed by atoms with Crippen LogP contribution in [0.3, 0.4) is 0 Å². The molecule has 33 heavy (non-hydrogen) atoms. The molecule has 0 saturated heterocycles. The van der Waals surface area contributed by atoms with Gasteiger partial charge in [-0.1, -0.05) is 67.1 Å². The van der Waals surface area contributed by atoms with Gasteiger partial charge in [0.2, 0.25) is 5.95 Å². The summed E-state index contributed by atoms with van der Waals surface area (Å²) in [6, 6.07) is 20.6. The monoisotopic (exact) mass is 440 g/mol. The van der Waals surface area contributed by atoms with Crippen LogP contribution in [0, 0.1) is 11.8 Å². The number of hydrogen-bond acceptors (Lipinski definition) is 4. The Kier molecular flexibility index (Phi) is 6.12. The Bertz CT molecular complexity index is 1100. The van der Waals surface area contributed by atoms with Gasteiger partial charge >= 0.3 is 0 Å². The third kappa shape index (κ3) is 4.63. The van der Waals surface area contributed by atoms with Crippen LogP contribution in [-0.2, 0) is 6.54 Å². The van der Waals surface area contributed by atoms with Crippen LogP contribution in [0.1, 0.15) is 55.5 Å². The van der Waals surface area contributed by atoms with Gasteiger partial charge in [0.05, 0.1) is 11.3 Å². The summed E-state index contributed by atoms with van der Waals surface area (Å²) in [5.74, 6) is 2.16. The Morgan fingerprint density at radius 1 is 1.03 bits per heavy atom. The molecule has 0 aliphatic heterocycles. The summed E-state index contributed by atoms with van der Waals surface area (Å²) in [6.45, 7) is 4.65. The van der Waals surface area contributed by atoms with E-state index in [0.29, 0.717) is 29.8 Å². The molecule has 2 aliphatic rings. The minimum atomic E-state index is -0.0424. The third-order valence-electron chi connectivity index (χ3n) is 7.20. The minimum Gasteiger partial charge on any atom is -0.351 e. The van der Waals surface area contributed by atoms with Gasteiger partial charge in [0, 0.05) is 30.4 Å². The predicted octanol–water partition coefficient (Wildman–Crippen LogP) is 5.79. The molecular weight excluding hydrogens is 408 g/mol. The molecule has 1 amide bonds. The van der Waals surface area contributed by atoms with Gasteiger partial charge in [-0.15, -0.1) is 0 Å². The molecule has 5 nitrogen and oxygen atoms in total. The van der Waals surface area contributed by atoms with Crippen molar-refractivity contribution in [1.82, 2.24) is 14.9 Å². The molecule has 3 unspecified atom stereocenters. The summed E-state index contributed by atoms with van der Waals surface area (Å²) in [5.41, 5.74) is 3.28. The van der Waals surface area contributed by atoms with Crippen LogP contribution in [0.5, 0.6) is 0 Å². The van der Waals surface area contributed by atoms with Gasteiger partial charge in [0.25, 0.3) is 5.91 Å². The first-order valence-electron chi connectivity index (χ1n) is 12.1. The Morgan fingerprint density at radius 2 is 1.76 bits per heavy atom. The fourth-order valence-corrected chi connectivity index (χ4v) is 5.43. The van der Waals surface area contributed by atoms with Crippen LogP contribution < -0.4 is 5.32 Å². The van der Waals surface area contributed by atoms with E-state index in [0.717, 1.165) is 23.0 Å².